The van der Waals surface area contributed by atoms with Crippen molar-refractivity contribution in [2.24, 2.45) is 17.3 Å². The van der Waals surface area contributed by atoms with E-state index in [4.69, 9.17) is 14.0 Å². The van der Waals surface area contributed by atoms with E-state index in [0.717, 1.165) is 6.42 Å². The molecule has 0 spiro atoms. The summed E-state index contributed by atoms with van der Waals surface area (Å²) in [6, 6.07) is 0. The predicted octanol–water partition coefficient (Wildman–Crippen LogP) is 3.50. The maximum atomic E-state index is 13.7. The lowest BCUT2D eigenvalue weighted by Crippen LogP contribution is -2.60. The molecule has 4 bridgehead atoms. The lowest BCUT2D eigenvalue weighted by molar-refractivity contribution is -0.214. The van der Waals surface area contributed by atoms with Crippen LogP contribution in [0.5, 0.6) is 0 Å². The Labute approximate surface area is 183 Å². The van der Waals surface area contributed by atoms with Crippen LogP contribution in [0, 0.1) is 17.3 Å². The lowest BCUT2D eigenvalue weighted by Gasteiger charge is -2.60. The number of carbonyl (C=O) groups is 2. The third-order valence-corrected chi connectivity index (χ3v) is 7.44. The van der Waals surface area contributed by atoms with Crippen molar-refractivity contribution in [3.63, 3.8) is 0 Å². The number of halogens is 3. The van der Waals surface area contributed by atoms with Crippen molar-refractivity contribution in [1.29, 1.82) is 0 Å². The van der Waals surface area contributed by atoms with E-state index in [0.29, 0.717) is 32.1 Å². The van der Waals surface area contributed by atoms with Gasteiger partial charge in [0.05, 0.1) is 12.0 Å². The van der Waals surface area contributed by atoms with Gasteiger partial charge >= 0.3 is 11.9 Å². The van der Waals surface area contributed by atoms with Crippen molar-refractivity contribution in [2.45, 2.75) is 74.6 Å². The van der Waals surface area contributed by atoms with Gasteiger partial charge in [-0.2, -0.15) is 8.42 Å². The fourth-order valence-corrected chi connectivity index (χ4v) is 6.40. The van der Waals surface area contributed by atoms with Gasteiger partial charge in [0, 0.05) is 12.8 Å². The summed E-state index contributed by atoms with van der Waals surface area (Å²) in [5, 5.41) is 0. The number of carbonyl (C=O) groups excluding carboxylic acids is 2. The van der Waals surface area contributed by atoms with Crippen molar-refractivity contribution in [1.82, 2.24) is 0 Å². The zero-order valence-electron chi connectivity index (χ0n) is 17.0. The maximum Gasteiger partial charge on any atom is 0.322 e. The van der Waals surface area contributed by atoms with Crippen LogP contribution in [0.15, 0.2) is 0 Å². The number of ether oxygens (including phenoxy) is 2. The number of hydrogen-bond acceptors (Lipinski definition) is 6. The lowest BCUT2D eigenvalue weighted by atomic mass is 9.48. The van der Waals surface area contributed by atoms with E-state index in [1.54, 1.807) is 13.8 Å². The minimum Gasteiger partial charge on any atom is -0.465 e. The van der Waals surface area contributed by atoms with Gasteiger partial charge in [0.25, 0.3) is 16.0 Å². The highest BCUT2D eigenvalue weighted by atomic mass is 79.9. The van der Waals surface area contributed by atoms with E-state index in [9.17, 15) is 26.8 Å². The van der Waals surface area contributed by atoms with Crippen LogP contribution in [0.3, 0.4) is 0 Å². The first kappa shape index (κ1) is 23.8. The van der Waals surface area contributed by atoms with E-state index in [-0.39, 0.29) is 11.8 Å². The third kappa shape index (κ3) is 5.32. The molecule has 0 aromatic rings. The SMILES string of the molecule is CC(C)(Br)C(=O)OC12CC3CC(C1)CC(C(=O)OCCC(F)(F)CS(=O)(=O)O)(C3)C2. The standard InChI is InChI=1S/C19H27BrF2O7S/c1-16(2,20)14(23)29-18-8-12-5-13(9-18)7-17(6-12,10-18)15(24)28-4-3-19(21,22)11-30(25,26)27/h12-13H,3-11H2,1-2H3,(H,25,26,27). The van der Waals surface area contributed by atoms with Crippen molar-refractivity contribution in [3.8, 4) is 0 Å². The Morgan fingerprint density at radius 3 is 2.23 bits per heavy atom. The maximum absolute atomic E-state index is 13.7. The quantitative estimate of drug-likeness (QED) is 0.298. The molecule has 2 unspecified atom stereocenters. The molecule has 2 atom stereocenters. The minimum atomic E-state index is -4.84. The molecule has 172 valence electrons. The summed E-state index contributed by atoms with van der Waals surface area (Å²) in [7, 11) is -4.84. The van der Waals surface area contributed by atoms with Crippen LogP contribution in [-0.4, -0.2) is 53.1 Å². The fourth-order valence-electron chi connectivity index (χ4n) is 5.64. The largest absolute Gasteiger partial charge is 0.465 e. The van der Waals surface area contributed by atoms with Gasteiger partial charge in [-0.25, -0.2) is 8.78 Å². The number of rotatable bonds is 8. The van der Waals surface area contributed by atoms with E-state index in [2.05, 4.69) is 15.9 Å². The van der Waals surface area contributed by atoms with Gasteiger partial charge in [0.15, 0.2) is 0 Å². The molecule has 4 aliphatic rings. The summed E-state index contributed by atoms with van der Waals surface area (Å²) in [6.07, 6.45) is 2.75. The van der Waals surface area contributed by atoms with Gasteiger partial charge in [0.2, 0.25) is 0 Å². The molecule has 1 N–H and O–H groups in total. The molecule has 4 saturated carbocycles. The summed E-state index contributed by atoms with van der Waals surface area (Å²) >= 11 is 3.30. The molecule has 0 radical (unpaired) electrons. The Bertz CT molecular complexity index is 807. The van der Waals surface area contributed by atoms with E-state index in [1.165, 1.54) is 0 Å². The Balaban J connectivity index is 1.67. The van der Waals surface area contributed by atoms with Gasteiger partial charge in [-0.05, 0) is 57.8 Å². The Kier molecular flexibility index (Phi) is 6.08. The Morgan fingerprint density at radius 2 is 1.73 bits per heavy atom. The number of hydrogen-bond donors (Lipinski definition) is 1. The van der Waals surface area contributed by atoms with E-state index < -0.39 is 62.1 Å². The van der Waals surface area contributed by atoms with Crippen LogP contribution in [0.1, 0.15) is 58.8 Å². The molecular weight excluding hydrogens is 490 g/mol. The van der Waals surface area contributed by atoms with Crippen molar-refractivity contribution < 1.29 is 40.8 Å². The second-order valence-corrected chi connectivity index (χ2v) is 13.2. The molecule has 4 rings (SSSR count). The van der Waals surface area contributed by atoms with Gasteiger partial charge in [-0.3, -0.25) is 14.1 Å². The molecule has 0 amide bonds. The third-order valence-electron chi connectivity index (χ3n) is 6.33. The van der Waals surface area contributed by atoms with Crippen molar-refractivity contribution in [3.05, 3.63) is 0 Å². The molecule has 30 heavy (non-hydrogen) atoms. The van der Waals surface area contributed by atoms with Crippen LogP contribution in [-0.2, 0) is 29.2 Å². The number of alkyl halides is 3. The average molecular weight is 517 g/mol. The zero-order valence-corrected chi connectivity index (χ0v) is 19.4. The molecule has 4 fully saturated rings. The van der Waals surface area contributed by atoms with Crippen LogP contribution in [0.4, 0.5) is 8.78 Å². The molecule has 4 aliphatic carbocycles. The fraction of sp³-hybridized carbons (Fsp3) is 0.895. The highest BCUT2D eigenvalue weighted by Gasteiger charge is 2.63. The topological polar surface area (TPSA) is 107 Å². The van der Waals surface area contributed by atoms with Crippen molar-refractivity contribution >= 4 is 38.0 Å². The average Bonchev–Trinajstić information content (AvgIpc) is 2.49. The van der Waals surface area contributed by atoms with E-state index >= 15 is 0 Å². The molecule has 0 saturated heterocycles. The monoisotopic (exact) mass is 516 g/mol. The molecule has 0 aliphatic heterocycles. The first-order chi connectivity index (χ1) is 13.5. The number of esters is 2. The Morgan fingerprint density at radius 1 is 1.17 bits per heavy atom. The minimum absolute atomic E-state index is 0.200. The van der Waals surface area contributed by atoms with Crippen molar-refractivity contribution in [2.75, 3.05) is 12.4 Å². The molecule has 7 nitrogen and oxygen atoms in total. The van der Waals surface area contributed by atoms with E-state index in [1.807, 2.05) is 0 Å². The second-order valence-electron chi connectivity index (χ2n) is 9.75. The van der Waals surface area contributed by atoms with Crippen LogP contribution >= 0.6 is 15.9 Å². The molecular formula is C19H27BrF2O7S. The molecule has 11 heteroatoms. The van der Waals surface area contributed by atoms with Gasteiger partial charge in [-0.1, -0.05) is 15.9 Å². The Hall–Kier alpha value is -0.810. The summed E-state index contributed by atoms with van der Waals surface area (Å²) in [5.41, 5.74) is -1.63. The summed E-state index contributed by atoms with van der Waals surface area (Å²) in [5.74, 6) is -6.02. The second kappa shape index (κ2) is 7.65. The van der Waals surface area contributed by atoms with Crippen LogP contribution in [0.2, 0.25) is 0 Å². The highest BCUT2D eigenvalue weighted by molar-refractivity contribution is 9.10. The van der Waals surface area contributed by atoms with Gasteiger partial charge in [0.1, 0.15) is 15.7 Å². The smallest absolute Gasteiger partial charge is 0.322 e. The van der Waals surface area contributed by atoms with Gasteiger partial charge < -0.3 is 9.47 Å². The zero-order chi connectivity index (χ0) is 22.6. The van der Waals surface area contributed by atoms with Crippen LogP contribution < -0.4 is 0 Å². The molecule has 0 aromatic carbocycles. The summed E-state index contributed by atoms with van der Waals surface area (Å²) in [4.78, 5) is 25.4. The summed E-state index contributed by atoms with van der Waals surface area (Å²) < 4.78 is 67.5. The molecule has 0 heterocycles. The predicted molar refractivity (Wildman–Crippen MR) is 106 cm³/mol. The van der Waals surface area contributed by atoms with Gasteiger partial charge in [-0.15, -0.1) is 0 Å². The molecule has 0 aromatic heterocycles. The normalized spacial score (nSPS) is 33.4. The highest BCUT2D eigenvalue weighted by Crippen LogP contribution is 2.63. The first-order valence-electron chi connectivity index (χ1n) is 9.96. The van der Waals surface area contributed by atoms with Crippen LogP contribution in [0.25, 0.3) is 0 Å². The summed E-state index contributed by atoms with van der Waals surface area (Å²) in [6.45, 7) is 2.72. The first-order valence-corrected chi connectivity index (χ1v) is 12.4.